The maximum Gasteiger partial charge on any atom is 0.338 e. The van der Waals surface area contributed by atoms with Gasteiger partial charge in [-0.3, -0.25) is 0 Å². The average molecular weight is 294 g/mol. The first-order valence-electron chi connectivity index (χ1n) is 4.77. The molecule has 0 aromatic rings. The van der Waals surface area contributed by atoms with Crippen LogP contribution in [0.25, 0.3) is 0 Å². The Kier molecular flexibility index (Phi) is 7.76. The van der Waals surface area contributed by atoms with Crippen LogP contribution in [0, 0.1) is 0 Å². The summed E-state index contributed by atoms with van der Waals surface area (Å²) in [4.78, 5) is 0. The predicted molar refractivity (Wildman–Crippen MR) is 77.2 cm³/mol. The summed E-state index contributed by atoms with van der Waals surface area (Å²) in [7, 11) is 0.0880. The minimum absolute atomic E-state index is 0.0880. The van der Waals surface area contributed by atoms with Gasteiger partial charge in [-0.25, -0.2) is 0 Å². The van der Waals surface area contributed by atoms with Gasteiger partial charge in [0.15, 0.2) is 0 Å². The molecule has 88 valence electrons. The molecule has 0 fully saturated rings. The maximum absolute atomic E-state index is 5.20. The van der Waals surface area contributed by atoms with Crippen molar-refractivity contribution < 1.29 is 0 Å². The highest BCUT2D eigenvalue weighted by atomic mass is 35.8. The highest BCUT2D eigenvalue weighted by Crippen LogP contribution is 2.33. The van der Waals surface area contributed by atoms with Crippen molar-refractivity contribution in [3.63, 3.8) is 0 Å². The molecule has 0 aliphatic rings. The first-order valence-corrected chi connectivity index (χ1v) is 11.7. The normalized spacial score (nSPS) is 13.3. The molecule has 0 unspecified atom stereocenters. The highest BCUT2D eigenvalue weighted by molar-refractivity contribution is 7.64. The van der Waals surface area contributed by atoms with E-state index in [1.807, 2.05) is 0 Å². The molecule has 0 aromatic heterocycles. The molecule has 0 bridgehead atoms. The van der Waals surface area contributed by atoms with Crippen molar-refractivity contribution in [3.8, 4) is 0 Å². The van der Waals surface area contributed by atoms with Crippen molar-refractivity contribution in [1.29, 1.82) is 0 Å². The van der Waals surface area contributed by atoms with E-state index in [4.69, 9.17) is 33.2 Å². The fraction of sp³-hybridized carbons (Fsp3) is 1.00. The third kappa shape index (κ3) is 37.8. The zero-order valence-corrected chi connectivity index (χ0v) is 15.0. The number of hydrogen-bond acceptors (Lipinski definition) is 0. The van der Waals surface area contributed by atoms with Crippen molar-refractivity contribution in [3.05, 3.63) is 0 Å². The van der Waals surface area contributed by atoms with E-state index in [0.717, 1.165) is 0 Å². The molecule has 14 heavy (non-hydrogen) atoms. The van der Waals surface area contributed by atoms with Gasteiger partial charge in [-0.05, 0) is 16.6 Å². The van der Waals surface area contributed by atoms with E-state index in [2.05, 4.69) is 41.5 Å². The third-order valence-corrected chi connectivity index (χ3v) is 3.18. The summed E-state index contributed by atoms with van der Waals surface area (Å²) < 4.78 is 0. The topological polar surface area (TPSA) is 0 Å². The van der Waals surface area contributed by atoms with Crippen LogP contribution in [0.1, 0.15) is 41.5 Å². The molecular weight excluding hydrogens is 271 g/mol. The number of rotatable bonds is 0. The summed E-state index contributed by atoms with van der Waals surface area (Å²) in [5, 5.41) is 1.25. The summed E-state index contributed by atoms with van der Waals surface area (Å²) in [5.74, 6) is 0. The Morgan fingerprint density at radius 2 is 0.929 bits per heavy atom. The van der Waals surface area contributed by atoms with Crippen molar-refractivity contribution in [1.82, 2.24) is 0 Å². The quantitative estimate of drug-likeness (QED) is 0.442. The van der Waals surface area contributed by atoms with Gasteiger partial charge in [-0.1, -0.05) is 41.5 Å². The minimum Gasteiger partial charge on any atom is -0.126 e. The molecule has 0 rings (SSSR count). The minimum atomic E-state index is -2.19. The summed E-state index contributed by atoms with van der Waals surface area (Å²) in [6, 6.07) is -2.19. The van der Waals surface area contributed by atoms with Gasteiger partial charge in [-0.2, -0.15) is 0 Å². The molecule has 5 heteroatoms. The summed E-state index contributed by atoms with van der Waals surface area (Å²) in [6.07, 6.45) is 0. The molecule has 0 aliphatic heterocycles. The van der Waals surface area contributed by atoms with E-state index in [1.54, 1.807) is 6.55 Å². The van der Waals surface area contributed by atoms with Crippen LogP contribution in [-0.2, 0) is 0 Å². The van der Waals surface area contributed by atoms with Gasteiger partial charge in [0.05, 0.1) is 0 Å². The Bertz CT molecular complexity index is 133. The molecule has 0 atom stereocenters. The van der Waals surface area contributed by atoms with Crippen LogP contribution in [0.15, 0.2) is 0 Å². The Morgan fingerprint density at radius 3 is 0.929 bits per heavy atom. The lowest BCUT2D eigenvalue weighted by Crippen LogP contribution is -2.18. The van der Waals surface area contributed by atoms with Crippen LogP contribution >= 0.6 is 33.2 Å². The molecule has 0 nitrogen and oxygen atoms in total. The molecule has 0 saturated heterocycles. The summed E-state index contributed by atoms with van der Waals surface area (Å²) >= 11 is 15.6. The lowest BCUT2D eigenvalue weighted by Gasteiger charge is -2.27. The zero-order valence-electron chi connectivity index (χ0n) is 10.3. The van der Waals surface area contributed by atoms with E-state index in [-0.39, 0.29) is 9.52 Å². The summed E-state index contributed by atoms with van der Waals surface area (Å²) in [5.41, 5.74) is 0. The van der Waals surface area contributed by atoms with E-state index in [0.29, 0.717) is 10.1 Å². The summed E-state index contributed by atoms with van der Waals surface area (Å²) in [6.45, 7) is 15.7. The first kappa shape index (κ1) is 17.7. The van der Waals surface area contributed by atoms with Crippen LogP contribution < -0.4 is 0 Å². The Hall–Kier alpha value is 1.30. The Balaban J connectivity index is 0. The standard InChI is InChI=1S/C8H20Si.CH3Cl3Si/c1-7(2,3)9-8(4,5)6;1-5(2,3)4/h9H2,1-6H3;1H3. The second-order valence-electron chi connectivity index (χ2n) is 6.08. The van der Waals surface area contributed by atoms with E-state index < -0.39 is 6.00 Å². The van der Waals surface area contributed by atoms with Crippen LogP contribution in [-0.4, -0.2) is 15.5 Å². The lowest BCUT2D eigenvalue weighted by molar-refractivity contribution is 0.668. The Morgan fingerprint density at radius 1 is 0.786 bits per heavy atom. The van der Waals surface area contributed by atoms with Crippen LogP contribution in [0.4, 0.5) is 0 Å². The average Bonchev–Trinajstić information content (AvgIpc) is 1.42. The molecule has 0 aliphatic carbocycles. The largest absolute Gasteiger partial charge is 0.338 e. The van der Waals surface area contributed by atoms with Gasteiger partial charge in [-0.15, -0.1) is 33.2 Å². The van der Waals surface area contributed by atoms with Crippen LogP contribution in [0.2, 0.25) is 16.6 Å². The molecule has 0 radical (unpaired) electrons. The maximum atomic E-state index is 5.20. The zero-order chi connectivity index (χ0) is 12.2. The van der Waals surface area contributed by atoms with Gasteiger partial charge in [0.2, 0.25) is 0 Å². The number of hydrogen-bond donors (Lipinski definition) is 0. The van der Waals surface area contributed by atoms with Gasteiger partial charge < -0.3 is 0 Å². The fourth-order valence-electron chi connectivity index (χ4n) is 1.59. The number of halogens is 3. The second kappa shape index (κ2) is 6.14. The van der Waals surface area contributed by atoms with Crippen molar-refractivity contribution >= 4 is 48.8 Å². The third-order valence-electron chi connectivity index (χ3n) is 1.06. The van der Waals surface area contributed by atoms with Crippen molar-refractivity contribution in [2.45, 2.75) is 58.2 Å². The molecule has 0 aromatic carbocycles. The highest BCUT2D eigenvalue weighted by Gasteiger charge is 2.21. The van der Waals surface area contributed by atoms with Gasteiger partial charge in [0.1, 0.15) is 0 Å². The monoisotopic (exact) mass is 292 g/mol. The molecular formula is C9H23Cl3Si2. The van der Waals surface area contributed by atoms with Gasteiger partial charge in [0.25, 0.3) is 0 Å². The Labute approximate surface area is 107 Å². The van der Waals surface area contributed by atoms with Crippen molar-refractivity contribution in [2.75, 3.05) is 0 Å². The predicted octanol–water partition coefficient (Wildman–Crippen LogP) is 4.86. The molecule has 0 amide bonds. The van der Waals surface area contributed by atoms with Crippen LogP contribution in [0.5, 0.6) is 0 Å². The van der Waals surface area contributed by atoms with E-state index >= 15 is 0 Å². The molecule has 0 heterocycles. The molecule has 0 spiro atoms. The smallest absolute Gasteiger partial charge is 0.126 e. The van der Waals surface area contributed by atoms with Crippen LogP contribution in [0.3, 0.4) is 0 Å². The first-order chi connectivity index (χ1) is 5.71. The van der Waals surface area contributed by atoms with Gasteiger partial charge >= 0.3 is 6.00 Å². The SMILES string of the molecule is CC(C)(C)[SiH2]C(C)(C)C.C[Si](Cl)(Cl)Cl. The van der Waals surface area contributed by atoms with E-state index in [9.17, 15) is 0 Å². The van der Waals surface area contributed by atoms with E-state index in [1.165, 1.54) is 0 Å². The second-order valence-corrected chi connectivity index (χ2v) is 20.8. The van der Waals surface area contributed by atoms with Gasteiger partial charge in [0, 0.05) is 9.52 Å². The molecule has 0 saturated carbocycles. The molecule has 0 N–H and O–H groups in total. The fourth-order valence-corrected chi connectivity index (χ4v) is 4.77. The van der Waals surface area contributed by atoms with Crippen molar-refractivity contribution in [2.24, 2.45) is 0 Å². The lowest BCUT2D eigenvalue weighted by atomic mass is 10.2.